The summed E-state index contributed by atoms with van der Waals surface area (Å²) in [5.41, 5.74) is 0.237. The van der Waals surface area contributed by atoms with E-state index in [1.54, 1.807) is 0 Å². The summed E-state index contributed by atoms with van der Waals surface area (Å²) in [7, 11) is 0. The van der Waals surface area contributed by atoms with Crippen molar-refractivity contribution in [3.8, 4) is 0 Å². The van der Waals surface area contributed by atoms with Crippen LogP contribution in [0.5, 0.6) is 0 Å². The van der Waals surface area contributed by atoms with Gasteiger partial charge < -0.3 is 0 Å². The lowest BCUT2D eigenvalue weighted by atomic mass is 10.1. The molecule has 110 valence electrons. The van der Waals surface area contributed by atoms with Crippen molar-refractivity contribution in [3.63, 3.8) is 0 Å². The molecule has 0 spiro atoms. The number of benzene rings is 1. The summed E-state index contributed by atoms with van der Waals surface area (Å²) in [6.45, 7) is 2.64. The van der Waals surface area contributed by atoms with E-state index in [0.717, 1.165) is 18.2 Å². The molecule has 21 heavy (non-hydrogen) atoms. The molecule has 0 aliphatic heterocycles. The molecular weight excluding hydrogens is 284 g/mol. The summed E-state index contributed by atoms with van der Waals surface area (Å²) in [5, 5.41) is 14.8. The molecule has 0 saturated heterocycles. The molecule has 0 unspecified atom stereocenters. The van der Waals surface area contributed by atoms with Gasteiger partial charge >= 0.3 is 5.69 Å². The number of hydrogen-bond acceptors (Lipinski definition) is 4. The normalized spacial score (nSPS) is 10.7. The van der Waals surface area contributed by atoms with Gasteiger partial charge in [-0.1, -0.05) is 0 Å². The van der Waals surface area contributed by atoms with E-state index in [1.807, 2.05) is 0 Å². The highest BCUT2D eigenvalue weighted by Crippen LogP contribution is 2.22. The maximum absolute atomic E-state index is 13.1. The summed E-state index contributed by atoms with van der Waals surface area (Å²) in [5.74, 6) is -2.69. The van der Waals surface area contributed by atoms with Gasteiger partial charge in [-0.05, 0) is 32.0 Å². The largest absolute Gasteiger partial charge is 0.312 e. The molecule has 0 N–H and O–H groups in total. The molecule has 0 saturated carbocycles. The minimum Gasteiger partial charge on any atom is -0.292 e. The van der Waals surface area contributed by atoms with E-state index in [2.05, 4.69) is 5.10 Å². The van der Waals surface area contributed by atoms with Gasteiger partial charge in [0, 0.05) is 5.56 Å². The number of Topliss-reactive ketones (excluding diaryl/α,β-unsaturated/α-hetero) is 1. The van der Waals surface area contributed by atoms with Crippen LogP contribution >= 0.6 is 0 Å². The second-order valence-corrected chi connectivity index (χ2v) is 4.49. The third-order valence-electron chi connectivity index (χ3n) is 3.06. The molecule has 0 aliphatic carbocycles. The highest BCUT2D eigenvalue weighted by atomic mass is 19.2. The highest BCUT2D eigenvalue weighted by Gasteiger charge is 2.23. The second kappa shape index (κ2) is 5.39. The predicted octanol–water partition coefficient (Wildman–Crippen LogP) is 2.57. The van der Waals surface area contributed by atoms with E-state index in [4.69, 9.17) is 0 Å². The van der Waals surface area contributed by atoms with Crippen LogP contribution < -0.4 is 0 Å². The van der Waals surface area contributed by atoms with Gasteiger partial charge in [0.1, 0.15) is 17.9 Å². The standard InChI is InChI=1S/C13H11F2N3O3/c1-7-13(18(20)21)8(2)17(16-7)6-12(19)9-3-4-10(14)11(15)5-9/h3-5H,6H2,1-2H3. The van der Waals surface area contributed by atoms with E-state index >= 15 is 0 Å². The van der Waals surface area contributed by atoms with Crippen LogP contribution in [-0.4, -0.2) is 20.5 Å². The van der Waals surface area contributed by atoms with Crippen LogP contribution in [0.1, 0.15) is 21.7 Å². The van der Waals surface area contributed by atoms with Crippen LogP contribution in [-0.2, 0) is 6.54 Å². The molecule has 0 amide bonds. The van der Waals surface area contributed by atoms with Gasteiger partial charge in [-0.2, -0.15) is 5.10 Å². The van der Waals surface area contributed by atoms with Crippen LogP contribution in [0.3, 0.4) is 0 Å². The first-order chi connectivity index (χ1) is 9.81. The van der Waals surface area contributed by atoms with Crippen LogP contribution in [0.2, 0.25) is 0 Å². The van der Waals surface area contributed by atoms with E-state index < -0.39 is 22.3 Å². The lowest BCUT2D eigenvalue weighted by Crippen LogP contribution is -2.13. The highest BCUT2D eigenvalue weighted by molar-refractivity contribution is 5.95. The first-order valence-corrected chi connectivity index (χ1v) is 5.98. The van der Waals surface area contributed by atoms with Gasteiger partial charge in [-0.3, -0.25) is 19.6 Å². The van der Waals surface area contributed by atoms with Crippen LogP contribution in [0.15, 0.2) is 18.2 Å². The lowest BCUT2D eigenvalue weighted by Gasteiger charge is -2.04. The summed E-state index contributed by atoms with van der Waals surface area (Å²) >= 11 is 0. The Bertz CT molecular complexity index is 741. The van der Waals surface area contributed by atoms with Crippen molar-refractivity contribution in [1.29, 1.82) is 0 Å². The fraction of sp³-hybridized carbons (Fsp3) is 0.231. The van der Waals surface area contributed by atoms with Crippen molar-refractivity contribution < 1.29 is 18.5 Å². The number of carbonyl (C=O) groups is 1. The molecule has 1 aromatic carbocycles. The minimum atomic E-state index is -1.12. The van der Waals surface area contributed by atoms with E-state index in [1.165, 1.54) is 18.5 Å². The Morgan fingerprint density at radius 3 is 2.52 bits per heavy atom. The number of halogens is 2. The zero-order chi connectivity index (χ0) is 15.7. The van der Waals surface area contributed by atoms with Crippen molar-refractivity contribution in [3.05, 3.63) is 56.9 Å². The maximum Gasteiger partial charge on any atom is 0.312 e. The van der Waals surface area contributed by atoms with Crippen LogP contribution in [0.25, 0.3) is 0 Å². The first kappa shape index (κ1) is 14.8. The van der Waals surface area contributed by atoms with Crippen molar-refractivity contribution in [2.75, 3.05) is 0 Å². The predicted molar refractivity (Wildman–Crippen MR) is 69.0 cm³/mol. The maximum atomic E-state index is 13.1. The Hall–Kier alpha value is -2.64. The summed E-state index contributed by atoms with van der Waals surface area (Å²) in [6.07, 6.45) is 0. The van der Waals surface area contributed by atoms with Crippen LogP contribution in [0, 0.1) is 35.6 Å². The van der Waals surface area contributed by atoms with Gasteiger partial charge in [-0.25, -0.2) is 8.78 Å². The average Bonchev–Trinajstić information content (AvgIpc) is 2.67. The number of ketones is 1. The van der Waals surface area contributed by atoms with E-state index in [-0.39, 0.29) is 29.2 Å². The summed E-state index contributed by atoms with van der Waals surface area (Å²) in [6, 6.07) is 2.80. The molecule has 6 nitrogen and oxygen atoms in total. The summed E-state index contributed by atoms with van der Waals surface area (Å²) in [4.78, 5) is 22.3. The molecule has 0 bridgehead atoms. The average molecular weight is 295 g/mol. The van der Waals surface area contributed by atoms with Gasteiger partial charge in [-0.15, -0.1) is 0 Å². The third kappa shape index (κ3) is 2.78. The van der Waals surface area contributed by atoms with Crippen molar-refractivity contribution in [2.45, 2.75) is 20.4 Å². The number of nitrogens with zero attached hydrogens (tertiary/aromatic N) is 3. The molecule has 8 heteroatoms. The van der Waals surface area contributed by atoms with Crippen molar-refractivity contribution in [2.24, 2.45) is 0 Å². The number of aromatic nitrogens is 2. The fourth-order valence-electron chi connectivity index (χ4n) is 2.00. The Morgan fingerprint density at radius 1 is 1.33 bits per heavy atom. The number of carbonyl (C=O) groups excluding carboxylic acids is 1. The van der Waals surface area contributed by atoms with E-state index in [0.29, 0.717) is 0 Å². The third-order valence-corrected chi connectivity index (χ3v) is 3.06. The zero-order valence-corrected chi connectivity index (χ0v) is 11.3. The molecule has 0 fully saturated rings. The zero-order valence-electron chi connectivity index (χ0n) is 11.3. The second-order valence-electron chi connectivity index (χ2n) is 4.49. The molecule has 2 aromatic rings. The fourth-order valence-corrected chi connectivity index (χ4v) is 2.00. The van der Waals surface area contributed by atoms with Crippen LogP contribution in [0.4, 0.5) is 14.5 Å². The Kier molecular flexibility index (Phi) is 3.79. The monoisotopic (exact) mass is 295 g/mol. The molecule has 2 rings (SSSR count). The van der Waals surface area contributed by atoms with Crippen molar-refractivity contribution in [1.82, 2.24) is 9.78 Å². The Labute approximate surface area is 118 Å². The number of nitro groups is 1. The molecular formula is C13H11F2N3O3. The number of hydrogen-bond donors (Lipinski definition) is 0. The van der Waals surface area contributed by atoms with Gasteiger partial charge in [0.2, 0.25) is 0 Å². The molecule has 0 atom stereocenters. The van der Waals surface area contributed by atoms with Gasteiger partial charge in [0.05, 0.1) is 4.92 Å². The molecule has 1 aromatic heterocycles. The first-order valence-electron chi connectivity index (χ1n) is 5.98. The smallest absolute Gasteiger partial charge is 0.292 e. The Balaban J connectivity index is 2.30. The molecule has 0 aliphatic rings. The SMILES string of the molecule is Cc1nn(CC(=O)c2ccc(F)c(F)c2)c(C)c1[N+](=O)[O-]. The number of aryl methyl sites for hydroxylation is 1. The minimum absolute atomic E-state index is 0.0240. The van der Waals surface area contributed by atoms with E-state index in [9.17, 15) is 23.7 Å². The summed E-state index contributed by atoms with van der Waals surface area (Å²) < 4.78 is 27.1. The molecule has 1 heterocycles. The quantitative estimate of drug-likeness (QED) is 0.493. The Morgan fingerprint density at radius 2 is 2.00 bits per heavy atom. The topological polar surface area (TPSA) is 78.0 Å². The molecule has 0 radical (unpaired) electrons. The van der Waals surface area contributed by atoms with Gasteiger partial charge in [0.15, 0.2) is 17.4 Å². The lowest BCUT2D eigenvalue weighted by molar-refractivity contribution is -0.386. The van der Waals surface area contributed by atoms with Crippen molar-refractivity contribution >= 4 is 11.5 Å². The van der Waals surface area contributed by atoms with Gasteiger partial charge in [0.25, 0.3) is 0 Å². The number of rotatable bonds is 4.